The van der Waals surface area contributed by atoms with E-state index in [4.69, 9.17) is 5.26 Å². The molecule has 5 nitrogen and oxygen atoms in total. The molecular weight excluding hydrogens is 391 g/mol. The summed E-state index contributed by atoms with van der Waals surface area (Å²) in [5.41, 5.74) is 1.75. The second-order valence-corrected chi connectivity index (χ2v) is 7.05. The van der Waals surface area contributed by atoms with Crippen molar-refractivity contribution in [1.29, 1.82) is 5.26 Å². The summed E-state index contributed by atoms with van der Waals surface area (Å²) in [6.45, 7) is 4.15. The molecule has 0 saturated heterocycles. The monoisotopic (exact) mass is 411 g/mol. The summed E-state index contributed by atoms with van der Waals surface area (Å²) in [5, 5.41) is 11.9. The lowest BCUT2D eigenvalue weighted by Gasteiger charge is -2.23. The van der Waals surface area contributed by atoms with Gasteiger partial charge in [-0.3, -0.25) is 0 Å². The smallest absolute Gasteiger partial charge is 0.329 e. The molecular formula is C22H20F3N5. The van der Waals surface area contributed by atoms with Gasteiger partial charge in [0.2, 0.25) is 5.95 Å². The fourth-order valence-corrected chi connectivity index (χ4v) is 2.85. The lowest BCUT2D eigenvalue weighted by atomic mass is 10.0. The Balaban J connectivity index is 1.96. The molecule has 8 heteroatoms. The first-order chi connectivity index (χ1) is 14.2. The van der Waals surface area contributed by atoms with Crippen LogP contribution < -0.4 is 10.2 Å². The Hall–Kier alpha value is -3.60. The Morgan fingerprint density at radius 1 is 1.03 bits per heavy atom. The molecule has 0 amide bonds. The predicted octanol–water partition coefficient (Wildman–Crippen LogP) is 6.00. The van der Waals surface area contributed by atoms with Gasteiger partial charge >= 0.3 is 6.18 Å². The molecule has 0 saturated carbocycles. The Morgan fingerprint density at radius 2 is 1.67 bits per heavy atom. The van der Waals surface area contributed by atoms with Crippen LogP contribution in [0.3, 0.4) is 0 Å². The van der Waals surface area contributed by atoms with Crippen LogP contribution in [0.15, 0.2) is 54.7 Å². The Kier molecular flexibility index (Phi) is 5.92. The lowest BCUT2D eigenvalue weighted by molar-refractivity contribution is -0.137. The van der Waals surface area contributed by atoms with Crippen molar-refractivity contribution in [3.8, 4) is 6.07 Å². The zero-order valence-electron chi connectivity index (χ0n) is 16.7. The van der Waals surface area contributed by atoms with Crippen molar-refractivity contribution in [2.24, 2.45) is 0 Å². The Bertz CT molecular complexity index is 1050. The topological polar surface area (TPSA) is 64.8 Å². The average molecular weight is 411 g/mol. The van der Waals surface area contributed by atoms with Crippen molar-refractivity contribution in [2.75, 3.05) is 17.3 Å². The third-order valence-corrected chi connectivity index (χ3v) is 4.61. The molecule has 3 rings (SSSR count). The summed E-state index contributed by atoms with van der Waals surface area (Å²) in [7, 11) is 1.49. The van der Waals surface area contributed by atoms with Gasteiger partial charge in [-0.25, -0.2) is 4.98 Å². The van der Waals surface area contributed by atoms with E-state index in [1.54, 1.807) is 12.1 Å². The maximum atomic E-state index is 13.6. The average Bonchev–Trinajstić information content (AvgIpc) is 2.73. The van der Waals surface area contributed by atoms with E-state index in [-0.39, 0.29) is 11.8 Å². The Morgan fingerprint density at radius 3 is 2.20 bits per heavy atom. The molecule has 1 N–H and O–H groups in total. The summed E-state index contributed by atoms with van der Waals surface area (Å²) in [5.74, 6) is 0.133. The number of nitrogens with one attached hydrogen (secondary N) is 1. The maximum Gasteiger partial charge on any atom is 0.421 e. The van der Waals surface area contributed by atoms with E-state index in [1.807, 2.05) is 30.3 Å². The second kappa shape index (κ2) is 8.41. The zero-order chi connectivity index (χ0) is 21.9. The van der Waals surface area contributed by atoms with E-state index in [0.29, 0.717) is 22.9 Å². The molecule has 0 aliphatic heterocycles. The van der Waals surface area contributed by atoms with Crippen LogP contribution in [-0.2, 0) is 6.18 Å². The molecule has 154 valence electrons. The highest BCUT2D eigenvalue weighted by atomic mass is 19.4. The van der Waals surface area contributed by atoms with Gasteiger partial charge in [0.25, 0.3) is 0 Å². The van der Waals surface area contributed by atoms with Crippen LogP contribution in [0.5, 0.6) is 0 Å². The third-order valence-electron chi connectivity index (χ3n) is 4.61. The first-order valence-corrected chi connectivity index (χ1v) is 9.24. The molecule has 0 spiro atoms. The number of aromatic nitrogens is 2. The van der Waals surface area contributed by atoms with Gasteiger partial charge in [-0.15, -0.1) is 0 Å². The molecule has 0 atom stereocenters. The second-order valence-electron chi connectivity index (χ2n) is 7.05. The molecule has 3 aromatic rings. The van der Waals surface area contributed by atoms with Gasteiger partial charge in [0.1, 0.15) is 5.56 Å². The van der Waals surface area contributed by atoms with E-state index >= 15 is 0 Å². The fraction of sp³-hybridized carbons (Fsp3) is 0.227. The van der Waals surface area contributed by atoms with Crippen LogP contribution >= 0.6 is 0 Å². The van der Waals surface area contributed by atoms with Crippen molar-refractivity contribution in [3.05, 3.63) is 71.4 Å². The van der Waals surface area contributed by atoms with Crippen LogP contribution in [0.4, 0.5) is 36.3 Å². The highest BCUT2D eigenvalue weighted by Gasteiger charge is 2.36. The van der Waals surface area contributed by atoms with Crippen LogP contribution in [0.25, 0.3) is 0 Å². The normalized spacial score (nSPS) is 11.3. The van der Waals surface area contributed by atoms with Crippen molar-refractivity contribution < 1.29 is 13.2 Å². The summed E-state index contributed by atoms with van der Waals surface area (Å²) in [6, 6.07) is 15.8. The largest absolute Gasteiger partial charge is 0.421 e. The number of nitriles is 1. The van der Waals surface area contributed by atoms with Gasteiger partial charge in [0, 0.05) is 24.6 Å². The minimum absolute atomic E-state index is 0.0517. The van der Waals surface area contributed by atoms with Gasteiger partial charge in [-0.05, 0) is 47.9 Å². The molecule has 0 aliphatic rings. The maximum absolute atomic E-state index is 13.6. The van der Waals surface area contributed by atoms with Gasteiger partial charge in [0.15, 0.2) is 5.82 Å². The SMILES string of the molecule is CC(C)c1ccc(Nc2ncc(C(F)(F)F)c(N(C)c3ccc(C#N)cc3)n2)cc1. The van der Waals surface area contributed by atoms with Crippen LogP contribution in [0.1, 0.15) is 36.5 Å². The molecule has 2 aromatic carbocycles. The minimum atomic E-state index is -4.62. The van der Waals surface area contributed by atoms with Gasteiger partial charge in [-0.1, -0.05) is 26.0 Å². The van der Waals surface area contributed by atoms with Gasteiger partial charge in [0.05, 0.1) is 11.6 Å². The highest BCUT2D eigenvalue weighted by Crippen LogP contribution is 2.37. The number of benzene rings is 2. The standard InChI is InChI=1S/C22H20F3N5/c1-14(2)16-6-8-17(9-7-16)28-21-27-13-19(22(23,24)25)20(29-21)30(3)18-10-4-15(12-26)5-11-18/h4-11,13-14H,1-3H3,(H,27,28,29). The number of alkyl halides is 3. The number of nitrogens with zero attached hydrogens (tertiary/aromatic N) is 4. The summed E-state index contributed by atoms with van der Waals surface area (Å²) >= 11 is 0. The summed E-state index contributed by atoms with van der Waals surface area (Å²) < 4.78 is 40.7. The number of anilines is 4. The van der Waals surface area contributed by atoms with Crippen molar-refractivity contribution in [1.82, 2.24) is 9.97 Å². The van der Waals surface area contributed by atoms with Crippen molar-refractivity contribution >= 4 is 23.1 Å². The van der Waals surface area contributed by atoms with E-state index in [2.05, 4.69) is 29.1 Å². The zero-order valence-corrected chi connectivity index (χ0v) is 16.7. The third kappa shape index (κ3) is 4.69. The van der Waals surface area contributed by atoms with E-state index in [9.17, 15) is 13.2 Å². The predicted molar refractivity (Wildman–Crippen MR) is 110 cm³/mol. The van der Waals surface area contributed by atoms with Gasteiger partial charge in [-0.2, -0.15) is 23.4 Å². The Labute approximate surface area is 172 Å². The molecule has 30 heavy (non-hydrogen) atoms. The van der Waals surface area contributed by atoms with E-state index in [0.717, 1.165) is 11.8 Å². The lowest BCUT2D eigenvalue weighted by Crippen LogP contribution is -2.19. The summed E-state index contributed by atoms with van der Waals surface area (Å²) in [4.78, 5) is 9.30. The van der Waals surface area contributed by atoms with Crippen LogP contribution in [0, 0.1) is 11.3 Å². The fourth-order valence-electron chi connectivity index (χ4n) is 2.85. The minimum Gasteiger partial charge on any atom is -0.329 e. The van der Waals surface area contributed by atoms with E-state index < -0.39 is 11.7 Å². The quantitative estimate of drug-likeness (QED) is 0.558. The molecule has 0 fully saturated rings. The number of hydrogen-bond acceptors (Lipinski definition) is 5. The molecule has 0 unspecified atom stereocenters. The summed E-state index contributed by atoms with van der Waals surface area (Å²) in [6.07, 6.45) is -3.85. The molecule has 0 radical (unpaired) electrons. The first-order valence-electron chi connectivity index (χ1n) is 9.24. The highest BCUT2D eigenvalue weighted by molar-refractivity contribution is 5.65. The van der Waals surface area contributed by atoms with Crippen molar-refractivity contribution in [2.45, 2.75) is 25.9 Å². The first kappa shape index (κ1) is 21.1. The van der Waals surface area contributed by atoms with Crippen LogP contribution in [-0.4, -0.2) is 17.0 Å². The van der Waals surface area contributed by atoms with Gasteiger partial charge < -0.3 is 10.2 Å². The number of hydrogen-bond donors (Lipinski definition) is 1. The number of rotatable bonds is 5. The molecule has 1 heterocycles. The van der Waals surface area contributed by atoms with Crippen molar-refractivity contribution in [3.63, 3.8) is 0 Å². The molecule has 0 bridgehead atoms. The number of halogens is 3. The molecule has 1 aromatic heterocycles. The van der Waals surface area contributed by atoms with E-state index in [1.165, 1.54) is 24.1 Å². The molecule has 0 aliphatic carbocycles. The van der Waals surface area contributed by atoms with Crippen LogP contribution in [0.2, 0.25) is 0 Å².